The summed E-state index contributed by atoms with van der Waals surface area (Å²) in [5.41, 5.74) is -0.703. The van der Waals surface area contributed by atoms with Gasteiger partial charge < -0.3 is 4.74 Å². The normalized spacial score (nSPS) is 11.8. The monoisotopic (exact) mass is 304 g/mol. The molecule has 2 N–H and O–H groups in total. The van der Waals surface area contributed by atoms with E-state index < -0.39 is 27.5 Å². The lowest BCUT2D eigenvalue weighted by Crippen LogP contribution is -2.27. The third kappa shape index (κ3) is 5.87. The third-order valence-corrected chi connectivity index (χ3v) is 2.50. The van der Waals surface area contributed by atoms with E-state index in [-0.39, 0.29) is 11.4 Å². The van der Waals surface area contributed by atoms with Gasteiger partial charge in [-0.2, -0.15) is 0 Å². The topological polar surface area (TPSA) is 84.5 Å². The predicted molar refractivity (Wildman–Crippen MR) is 74.7 cm³/mol. The molecule has 1 rings (SSSR count). The van der Waals surface area contributed by atoms with Gasteiger partial charge in [0, 0.05) is 5.69 Å². The van der Waals surface area contributed by atoms with Gasteiger partial charge in [0.25, 0.3) is 0 Å². The lowest BCUT2D eigenvalue weighted by Gasteiger charge is -2.19. The van der Waals surface area contributed by atoms with Crippen molar-refractivity contribution in [3.05, 3.63) is 24.0 Å². The number of carbonyl (C=O) groups excluding carboxylic acids is 1. The molecule has 0 atom stereocenters. The first kappa shape index (κ1) is 16.2. The van der Waals surface area contributed by atoms with Gasteiger partial charge in [-0.1, -0.05) is 0 Å². The molecule has 1 amide bonds. The number of rotatable bonds is 3. The van der Waals surface area contributed by atoms with E-state index in [4.69, 9.17) is 4.74 Å². The largest absolute Gasteiger partial charge is 0.444 e. The van der Waals surface area contributed by atoms with Crippen molar-refractivity contribution in [3.63, 3.8) is 0 Å². The number of benzene rings is 1. The van der Waals surface area contributed by atoms with Crippen LogP contribution in [0, 0.1) is 5.82 Å². The molecule has 0 aromatic heterocycles. The molecule has 1 aromatic carbocycles. The second-order valence-electron chi connectivity index (χ2n) is 5.20. The minimum atomic E-state index is -3.61. The number of hydrogen-bond acceptors (Lipinski definition) is 4. The average molecular weight is 304 g/mol. The third-order valence-electron chi connectivity index (χ3n) is 1.91. The quantitative estimate of drug-likeness (QED) is 0.898. The van der Waals surface area contributed by atoms with Gasteiger partial charge in [-0.15, -0.1) is 0 Å². The van der Waals surface area contributed by atoms with E-state index >= 15 is 0 Å². The zero-order valence-electron chi connectivity index (χ0n) is 11.7. The second kappa shape index (κ2) is 5.66. The van der Waals surface area contributed by atoms with Crippen LogP contribution in [0.25, 0.3) is 0 Å². The van der Waals surface area contributed by atoms with Crippen molar-refractivity contribution in [1.82, 2.24) is 0 Å². The molecule has 0 bridgehead atoms. The summed E-state index contributed by atoms with van der Waals surface area (Å²) in [5.74, 6) is -0.745. The number of nitrogens with one attached hydrogen (secondary N) is 2. The Labute approximate surface area is 117 Å². The summed E-state index contributed by atoms with van der Waals surface area (Å²) in [6.07, 6.45) is 0.190. The molecule has 0 fully saturated rings. The van der Waals surface area contributed by atoms with E-state index in [1.807, 2.05) is 4.72 Å². The van der Waals surface area contributed by atoms with Crippen LogP contribution in [0.1, 0.15) is 20.8 Å². The Bertz CT molecular complexity index is 608. The van der Waals surface area contributed by atoms with Gasteiger partial charge in [0.2, 0.25) is 10.0 Å². The molecule has 20 heavy (non-hydrogen) atoms. The lowest BCUT2D eigenvalue weighted by atomic mass is 10.2. The van der Waals surface area contributed by atoms with Crippen LogP contribution in [-0.2, 0) is 14.8 Å². The molecule has 0 aliphatic carbocycles. The minimum absolute atomic E-state index is 0.215. The SMILES string of the molecule is CC(C)(C)OC(=O)Nc1ccc(F)c(NS(C)(=O)=O)c1. The maximum absolute atomic E-state index is 13.4. The highest BCUT2D eigenvalue weighted by Gasteiger charge is 2.17. The van der Waals surface area contributed by atoms with Gasteiger partial charge in [0.1, 0.15) is 11.4 Å². The van der Waals surface area contributed by atoms with Crippen LogP contribution in [-0.4, -0.2) is 26.4 Å². The first-order valence-corrected chi connectivity index (χ1v) is 7.63. The average Bonchev–Trinajstić information content (AvgIpc) is 2.18. The van der Waals surface area contributed by atoms with Crippen molar-refractivity contribution >= 4 is 27.5 Å². The molecule has 0 heterocycles. The maximum Gasteiger partial charge on any atom is 0.412 e. The van der Waals surface area contributed by atoms with Gasteiger partial charge in [-0.3, -0.25) is 10.0 Å². The van der Waals surface area contributed by atoms with Crippen LogP contribution in [0.15, 0.2) is 18.2 Å². The number of ether oxygens (including phenoxy) is 1. The van der Waals surface area contributed by atoms with E-state index in [2.05, 4.69) is 5.32 Å². The Morgan fingerprint density at radius 2 is 1.90 bits per heavy atom. The van der Waals surface area contributed by atoms with E-state index in [0.29, 0.717) is 0 Å². The smallest absolute Gasteiger partial charge is 0.412 e. The van der Waals surface area contributed by atoms with E-state index in [1.54, 1.807) is 20.8 Å². The van der Waals surface area contributed by atoms with Crippen LogP contribution < -0.4 is 10.0 Å². The van der Waals surface area contributed by atoms with Crippen LogP contribution in [0.5, 0.6) is 0 Å². The molecule has 0 aliphatic heterocycles. The van der Waals surface area contributed by atoms with Crippen LogP contribution in [0.4, 0.5) is 20.6 Å². The first-order valence-electron chi connectivity index (χ1n) is 5.74. The first-order chi connectivity index (χ1) is 8.96. The highest BCUT2D eigenvalue weighted by atomic mass is 32.2. The highest BCUT2D eigenvalue weighted by Crippen LogP contribution is 2.21. The molecule has 1 aromatic rings. The van der Waals surface area contributed by atoms with Crippen molar-refractivity contribution in [2.45, 2.75) is 26.4 Å². The summed E-state index contributed by atoms with van der Waals surface area (Å²) < 4.78 is 42.7. The molecular formula is C12H17FN2O4S. The minimum Gasteiger partial charge on any atom is -0.444 e. The fourth-order valence-electron chi connectivity index (χ4n) is 1.30. The summed E-state index contributed by atoms with van der Waals surface area (Å²) in [4.78, 5) is 11.5. The fourth-order valence-corrected chi connectivity index (χ4v) is 1.86. The lowest BCUT2D eigenvalue weighted by molar-refractivity contribution is 0.0636. The zero-order chi connectivity index (χ0) is 15.6. The number of hydrogen-bond donors (Lipinski definition) is 2. The molecule has 0 saturated carbocycles. The van der Waals surface area contributed by atoms with Crippen LogP contribution in [0.3, 0.4) is 0 Å². The van der Waals surface area contributed by atoms with E-state index in [1.165, 1.54) is 12.1 Å². The Balaban J connectivity index is 2.88. The van der Waals surface area contributed by atoms with Gasteiger partial charge in [-0.05, 0) is 39.0 Å². The van der Waals surface area contributed by atoms with Crippen molar-refractivity contribution in [2.24, 2.45) is 0 Å². The molecule has 0 saturated heterocycles. The van der Waals surface area contributed by atoms with Crippen molar-refractivity contribution in [3.8, 4) is 0 Å². The Kier molecular flexibility index (Phi) is 4.59. The van der Waals surface area contributed by atoms with Gasteiger partial charge in [0.15, 0.2) is 0 Å². The zero-order valence-corrected chi connectivity index (χ0v) is 12.5. The number of sulfonamides is 1. The van der Waals surface area contributed by atoms with Crippen molar-refractivity contribution in [1.29, 1.82) is 0 Å². The molecule has 0 spiro atoms. The summed E-state index contributed by atoms with van der Waals surface area (Å²) in [5, 5.41) is 2.39. The number of carbonyl (C=O) groups is 1. The van der Waals surface area contributed by atoms with E-state index in [0.717, 1.165) is 12.3 Å². The molecule has 8 heteroatoms. The number of amides is 1. The molecule has 112 valence electrons. The summed E-state index contributed by atoms with van der Waals surface area (Å²) in [6.45, 7) is 5.11. The van der Waals surface area contributed by atoms with Gasteiger partial charge in [0.05, 0.1) is 11.9 Å². The van der Waals surface area contributed by atoms with Crippen molar-refractivity contribution < 1.29 is 22.3 Å². The Morgan fingerprint density at radius 3 is 2.40 bits per heavy atom. The predicted octanol–water partition coefficient (Wildman–Crippen LogP) is 2.54. The molecular weight excluding hydrogens is 287 g/mol. The van der Waals surface area contributed by atoms with E-state index in [9.17, 15) is 17.6 Å². The highest BCUT2D eigenvalue weighted by molar-refractivity contribution is 7.92. The number of halogens is 1. The Hall–Kier alpha value is -1.83. The second-order valence-corrected chi connectivity index (χ2v) is 6.94. The van der Waals surface area contributed by atoms with Crippen LogP contribution in [0.2, 0.25) is 0 Å². The maximum atomic E-state index is 13.4. The number of anilines is 2. The standard InChI is InChI=1S/C12H17FN2O4S/c1-12(2,3)19-11(16)14-8-5-6-9(13)10(7-8)15-20(4,17)18/h5-7,15H,1-4H3,(H,14,16). The van der Waals surface area contributed by atoms with Crippen LogP contribution >= 0.6 is 0 Å². The van der Waals surface area contributed by atoms with Gasteiger partial charge >= 0.3 is 6.09 Å². The Morgan fingerprint density at radius 1 is 1.30 bits per heavy atom. The summed E-state index contributed by atoms with van der Waals surface area (Å²) in [6, 6.07) is 3.51. The molecule has 0 radical (unpaired) electrons. The fraction of sp³-hybridized carbons (Fsp3) is 0.417. The molecule has 0 aliphatic rings. The molecule has 0 unspecified atom stereocenters. The molecule has 6 nitrogen and oxygen atoms in total. The summed E-state index contributed by atoms with van der Waals surface area (Å²) in [7, 11) is -3.61. The van der Waals surface area contributed by atoms with Crippen molar-refractivity contribution in [2.75, 3.05) is 16.3 Å². The van der Waals surface area contributed by atoms with Gasteiger partial charge in [-0.25, -0.2) is 17.6 Å². The summed E-state index contributed by atoms with van der Waals surface area (Å²) >= 11 is 0.